The van der Waals surface area contributed by atoms with Gasteiger partial charge in [0.25, 0.3) is 0 Å². The van der Waals surface area contributed by atoms with Crippen molar-refractivity contribution < 1.29 is 14.6 Å². The first-order valence-corrected chi connectivity index (χ1v) is 8.10. The summed E-state index contributed by atoms with van der Waals surface area (Å²) in [6, 6.07) is 10.2. The van der Waals surface area contributed by atoms with Crippen LogP contribution >= 0.6 is 0 Å². The van der Waals surface area contributed by atoms with Crippen molar-refractivity contribution in [1.82, 2.24) is 0 Å². The molecule has 1 heterocycles. The Labute approximate surface area is 137 Å². The molecule has 1 atom stereocenters. The van der Waals surface area contributed by atoms with E-state index < -0.39 is 5.79 Å². The first kappa shape index (κ1) is 15.9. The third-order valence-corrected chi connectivity index (χ3v) is 4.70. The summed E-state index contributed by atoms with van der Waals surface area (Å²) < 4.78 is 12.0. The highest BCUT2D eigenvalue weighted by Gasteiger charge is 2.32. The number of benzene rings is 2. The molecule has 2 aromatic carbocycles. The van der Waals surface area contributed by atoms with Crippen molar-refractivity contribution in [3.8, 4) is 11.5 Å². The normalized spacial score (nSPS) is 19.9. The maximum atomic E-state index is 10.2. The number of hydrogen-bond donors (Lipinski definition) is 1. The molecule has 3 heteroatoms. The Balaban J connectivity index is 1.95. The highest BCUT2D eigenvalue weighted by Crippen LogP contribution is 2.43. The van der Waals surface area contributed by atoms with Gasteiger partial charge >= 0.3 is 0 Å². The van der Waals surface area contributed by atoms with E-state index in [0.29, 0.717) is 13.0 Å². The average Bonchev–Trinajstić information content (AvgIpc) is 2.53. The molecule has 0 spiro atoms. The van der Waals surface area contributed by atoms with E-state index in [9.17, 15) is 5.11 Å². The van der Waals surface area contributed by atoms with E-state index in [2.05, 4.69) is 26.0 Å². The predicted molar refractivity (Wildman–Crippen MR) is 91.0 cm³/mol. The van der Waals surface area contributed by atoms with Crippen molar-refractivity contribution in [2.45, 2.75) is 52.9 Å². The Hall–Kier alpha value is -2.00. The fraction of sp³-hybridized carbons (Fsp3) is 0.400. The zero-order chi connectivity index (χ0) is 16.6. The van der Waals surface area contributed by atoms with E-state index >= 15 is 0 Å². The summed E-state index contributed by atoms with van der Waals surface area (Å²) in [5.74, 6) is 0.682. The molecule has 2 aromatic rings. The van der Waals surface area contributed by atoms with E-state index in [-0.39, 0.29) is 0 Å². The monoisotopic (exact) mass is 312 g/mol. The quantitative estimate of drug-likeness (QED) is 0.922. The van der Waals surface area contributed by atoms with Crippen LogP contribution in [0.1, 0.15) is 41.2 Å². The molecule has 0 aliphatic carbocycles. The number of ether oxygens (including phenoxy) is 2. The number of fused-ring (bicyclic) bond motifs is 1. The van der Waals surface area contributed by atoms with Gasteiger partial charge in [-0.25, -0.2) is 0 Å². The maximum Gasteiger partial charge on any atom is 0.205 e. The van der Waals surface area contributed by atoms with Crippen molar-refractivity contribution >= 4 is 0 Å². The third-order valence-electron chi connectivity index (χ3n) is 4.70. The lowest BCUT2D eigenvalue weighted by Crippen LogP contribution is -2.36. The smallest absolute Gasteiger partial charge is 0.205 e. The standard InChI is InChI=1S/C20H24O3/c1-13-14(2)19-17(10-11-20(4,21)23-19)15(3)18(13)22-12-16-8-6-5-7-9-16/h5-9,21H,10-12H2,1-4H3/t20-/m1/s1. The van der Waals surface area contributed by atoms with Crippen LogP contribution in [0.25, 0.3) is 0 Å². The molecule has 0 amide bonds. The van der Waals surface area contributed by atoms with Crippen LogP contribution in [0.3, 0.4) is 0 Å². The number of aliphatic hydroxyl groups is 1. The number of rotatable bonds is 3. The lowest BCUT2D eigenvalue weighted by atomic mass is 9.91. The van der Waals surface area contributed by atoms with E-state index in [4.69, 9.17) is 9.47 Å². The predicted octanol–water partition coefficient (Wildman–Crippen LogP) is 4.22. The van der Waals surface area contributed by atoms with Gasteiger partial charge in [0.1, 0.15) is 18.1 Å². The van der Waals surface area contributed by atoms with Crippen LogP contribution in [0.4, 0.5) is 0 Å². The van der Waals surface area contributed by atoms with E-state index in [1.165, 1.54) is 0 Å². The second kappa shape index (κ2) is 5.89. The Morgan fingerprint density at radius 3 is 2.48 bits per heavy atom. The van der Waals surface area contributed by atoms with Crippen LogP contribution in [-0.2, 0) is 13.0 Å². The van der Waals surface area contributed by atoms with Crippen molar-refractivity contribution in [2.75, 3.05) is 0 Å². The second-order valence-corrected chi connectivity index (χ2v) is 6.56. The summed E-state index contributed by atoms with van der Waals surface area (Å²) in [5.41, 5.74) is 5.56. The fourth-order valence-corrected chi connectivity index (χ4v) is 3.17. The van der Waals surface area contributed by atoms with E-state index in [1.54, 1.807) is 6.92 Å². The molecule has 1 aliphatic rings. The SMILES string of the molecule is Cc1c(C)c2c(c(C)c1OCc1ccccc1)CC[C@](C)(O)O2. The average molecular weight is 312 g/mol. The van der Waals surface area contributed by atoms with Gasteiger partial charge in [0, 0.05) is 18.9 Å². The Bertz CT molecular complexity index is 718. The molecule has 3 nitrogen and oxygen atoms in total. The lowest BCUT2D eigenvalue weighted by Gasteiger charge is -2.34. The topological polar surface area (TPSA) is 38.7 Å². The molecule has 1 aliphatic heterocycles. The molecule has 0 bridgehead atoms. The van der Waals surface area contributed by atoms with Crippen LogP contribution in [0.15, 0.2) is 30.3 Å². The zero-order valence-electron chi connectivity index (χ0n) is 14.3. The van der Waals surface area contributed by atoms with Gasteiger partial charge in [0.2, 0.25) is 5.79 Å². The second-order valence-electron chi connectivity index (χ2n) is 6.56. The largest absolute Gasteiger partial charge is 0.488 e. The van der Waals surface area contributed by atoms with Gasteiger partial charge in [-0.15, -0.1) is 0 Å². The minimum Gasteiger partial charge on any atom is -0.488 e. The van der Waals surface area contributed by atoms with Crippen LogP contribution in [0.5, 0.6) is 11.5 Å². The molecule has 23 heavy (non-hydrogen) atoms. The fourth-order valence-electron chi connectivity index (χ4n) is 3.17. The van der Waals surface area contributed by atoms with Gasteiger partial charge in [0.05, 0.1) is 0 Å². The van der Waals surface area contributed by atoms with Crippen molar-refractivity contribution in [1.29, 1.82) is 0 Å². The van der Waals surface area contributed by atoms with Crippen molar-refractivity contribution in [3.63, 3.8) is 0 Å². The van der Waals surface area contributed by atoms with Gasteiger partial charge in [-0.3, -0.25) is 0 Å². The van der Waals surface area contributed by atoms with Crippen LogP contribution < -0.4 is 9.47 Å². The number of hydrogen-bond acceptors (Lipinski definition) is 3. The van der Waals surface area contributed by atoms with Gasteiger partial charge in [-0.1, -0.05) is 30.3 Å². The summed E-state index contributed by atoms with van der Waals surface area (Å²) >= 11 is 0. The molecular weight excluding hydrogens is 288 g/mol. The summed E-state index contributed by atoms with van der Waals surface area (Å²) in [6.07, 6.45) is 1.40. The molecule has 0 saturated carbocycles. The molecule has 3 rings (SSSR count). The zero-order valence-corrected chi connectivity index (χ0v) is 14.3. The molecule has 0 unspecified atom stereocenters. The summed E-state index contributed by atoms with van der Waals surface area (Å²) in [7, 11) is 0. The Morgan fingerprint density at radius 1 is 1.09 bits per heavy atom. The highest BCUT2D eigenvalue weighted by atomic mass is 16.6. The Kier molecular flexibility index (Phi) is 4.07. The molecule has 0 saturated heterocycles. The summed E-state index contributed by atoms with van der Waals surface area (Å²) in [5, 5.41) is 10.2. The van der Waals surface area contributed by atoms with E-state index in [1.807, 2.05) is 25.1 Å². The third kappa shape index (κ3) is 3.06. The van der Waals surface area contributed by atoms with Crippen LogP contribution in [0, 0.1) is 20.8 Å². The van der Waals surface area contributed by atoms with Gasteiger partial charge in [-0.2, -0.15) is 0 Å². The minimum absolute atomic E-state index is 0.555. The maximum absolute atomic E-state index is 10.2. The van der Waals surface area contributed by atoms with Gasteiger partial charge in [-0.05, 0) is 49.4 Å². The summed E-state index contributed by atoms with van der Waals surface area (Å²) in [6.45, 7) is 8.44. The van der Waals surface area contributed by atoms with E-state index in [0.717, 1.165) is 45.7 Å². The molecule has 1 N–H and O–H groups in total. The van der Waals surface area contributed by atoms with Crippen LogP contribution in [-0.4, -0.2) is 10.9 Å². The lowest BCUT2D eigenvalue weighted by molar-refractivity contribution is -0.134. The Morgan fingerprint density at radius 2 is 1.78 bits per heavy atom. The minimum atomic E-state index is -1.08. The summed E-state index contributed by atoms with van der Waals surface area (Å²) in [4.78, 5) is 0. The molecule has 0 fully saturated rings. The van der Waals surface area contributed by atoms with Crippen molar-refractivity contribution in [2.24, 2.45) is 0 Å². The van der Waals surface area contributed by atoms with Crippen LogP contribution in [0.2, 0.25) is 0 Å². The molecule has 0 radical (unpaired) electrons. The first-order chi connectivity index (χ1) is 10.9. The van der Waals surface area contributed by atoms with Gasteiger partial charge < -0.3 is 14.6 Å². The first-order valence-electron chi connectivity index (χ1n) is 8.10. The highest BCUT2D eigenvalue weighted by molar-refractivity contribution is 5.58. The van der Waals surface area contributed by atoms with Crippen molar-refractivity contribution in [3.05, 3.63) is 58.1 Å². The molecule has 122 valence electrons. The van der Waals surface area contributed by atoms with Gasteiger partial charge in [0.15, 0.2) is 0 Å². The molecular formula is C20H24O3. The molecule has 0 aromatic heterocycles.